The molecule has 0 heterocycles. The van der Waals surface area contributed by atoms with Crippen LogP contribution in [-0.4, -0.2) is 11.1 Å². The number of carbonyl (C=O) groups is 1. The van der Waals surface area contributed by atoms with Gasteiger partial charge in [-0.3, -0.25) is 4.79 Å². The third-order valence-corrected chi connectivity index (χ3v) is 5.29. The first-order chi connectivity index (χ1) is 6.79. The van der Waals surface area contributed by atoms with Crippen molar-refractivity contribution in [2.45, 2.75) is 46.5 Å². The van der Waals surface area contributed by atoms with Gasteiger partial charge in [0.15, 0.2) is 0 Å². The molecule has 1 N–H and O–H groups in total. The van der Waals surface area contributed by atoms with E-state index in [1.807, 2.05) is 0 Å². The van der Waals surface area contributed by atoms with Crippen molar-refractivity contribution in [1.82, 2.24) is 0 Å². The van der Waals surface area contributed by atoms with E-state index < -0.39 is 5.97 Å². The predicted molar refractivity (Wildman–Crippen MR) is 57.4 cm³/mol. The molecule has 3 saturated carbocycles. The molecule has 84 valence electrons. The maximum absolute atomic E-state index is 11.3. The van der Waals surface area contributed by atoms with Gasteiger partial charge in [-0.1, -0.05) is 20.8 Å². The van der Waals surface area contributed by atoms with E-state index >= 15 is 0 Å². The van der Waals surface area contributed by atoms with Crippen molar-refractivity contribution in [3.63, 3.8) is 0 Å². The molecule has 3 rings (SSSR count). The largest absolute Gasteiger partial charge is 0.481 e. The zero-order valence-corrected chi connectivity index (χ0v) is 9.84. The van der Waals surface area contributed by atoms with E-state index in [1.165, 1.54) is 12.8 Å². The lowest BCUT2D eigenvalue weighted by Gasteiger charge is -2.75. The highest BCUT2D eigenvalue weighted by molar-refractivity contribution is 5.79. The molecular formula is C13H20O2. The molecular weight excluding hydrogens is 188 g/mol. The first kappa shape index (κ1) is 9.68. The maximum atomic E-state index is 11.3. The van der Waals surface area contributed by atoms with Crippen molar-refractivity contribution in [2.75, 3.05) is 0 Å². The summed E-state index contributed by atoms with van der Waals surface area (Å²) in [7, 11) is 0. The van der Waals surface area contributed by atoms with Crippen LogP contribution in [0.1, 0.15) is 46.5 Å². The summed E-state index contributed by atoms with van der Waals surface area (Å²) in [6, 6.07) is 0. The minimum atomic E-state index is -0.527. The average molecular weight is 208 g/mol. The van der Waals surface area contributed by atoms with Crippen molar-refractivity contribution >= 4 is 5.97 Å². The van der Waals surface area contributed by atoms with Crippen molar-refractivity contribution in [1.29, 1.82) is 0 Å². The van der Waals surface area contributed by atoms with Gasteiger partial charge in [-0.15, -0.1) is 0 Å². The molecule has 0 bridgehead atoms. The van der Waals surface area contributed by atoms with Gasteiger partial charge in [-0.2, -0.15) is 0 Å². The highest BCUT2D eigenvalue weighted by Crippen LogP contribution is 2.79. The summed E-state index contributed by atoms with van der Waals surface area (Å²) in [5.41, 5.74) is 0.472. The third kappa shape index (κ3) is 0.938. The fourth-order valence-electron chi connectivity index (χ4n) is 5.65. The van der Waals surface area contributed by atoms with E-state index in [0.717, 1.165) is 12.8 Å². The van der Waals surface area contributed by atoms with Crippen LogP contribution in [0.15, 0.2) is 0 Å². The Labute approximate surface area is 91.1 Å². The standard InChI is InChI=1S/C13H20O2/c1-11(2)4-8-5-13(10(14)15)7-12(3,6-11)9(8)13/h8-9H,4-7H2,1-3H3,(H,14,15). The van der Waals surface area contributed by atoms with Crippen LogP contribution >= 0.6 is 0 Å². The Hall–Kier alpha value is -0.530. The normalized spacial score (nSPS) is 54.9. The van der Waals surface area contributed by atoms with Gasteiger partial charge in [-0.05, 0) is 48.3 Å². The van der Waals surface area contributed by atoms with Crippen molar-refractivity contribution in [3.05, 3.63) is 0 Å². The Balaban J connectivity index is 1.91. The van der Waals surface area contributed by atoms with E-state index in [9.17, 15) is 9.90 Å². The number of hydrogen-bond donors (Lipinski definition) is 1. The number of rotatable bonds is 1. The summed E-state index contributed by atoms with van der Waals surface area (Å²) in [5.74, 6) is 0.667. The molecule has 0 aromatic rings. The van der Waals surface area contributed by atoms with Gasteiger partial charge in [0.25, 0.3) is 0 Å². The second-order valence-electron chi connectivity index (χ2n) is 7.28. The van der Waals surface area contributed by atoms with Crippen molar-refractivity contribution in [3.8, 4) is 0 Å². The molecule has 0 radical (unpaired) electrons. The fourth-order valence-corrected chi connectivity index (χ4v) is 5.65. The highest BCUT2D eigenvalue weighted by Gasteiger charge is 2.76. The van der Waals surface area contributed by atoms with Crippen LogP contribution in [0.5, 0.6) is 0 Å². The molecule has 0 aromatic heterocycles. The molecule has 3 fully saturated rings. The van der Waals surface area contributed by atoms with Gasteiger partial charge in [0.05, 0.1) is 5.41 Å². The van der Waals surface area contributed by atoms with Crippen LogP contribution in [-0.2, 0) is 4.79 Å². The van der Waals surface area contributed by atoms with E-state index in [1.54, 1.807) is 0 Å². The Morgan fingerprint density at radius 1 is 1.20 bits per heavy atom. The zero-order valence-electron chi connectivity index (χ0n) is 9.84. The van der Waals surface area contributed by atoms with Gasteiger partial charge < -0.3 is 5.11 Å². The summed E-state index contributed by atoms with van der Waals surface area (Å²) in [5, 5.41) is 9.31. The minimum Gasteiger partial charge on any atom is -0.481 e. The summed E-state index contributed by atoms with van der Waals surface area (Å²) in [6.45, 7) is 6.99. The van der Waals surface area contributed by atoms with Gasteiger partial charge in [0.2, 0.25) is 0 Å². The number of hydrogen-bond acceptors (Lipinski definition) is 1. The number of aliphatic carboxylic acids is 1. The lowest BCUT2D eigenvalue weighted by molar-refractivity contribution is -0.278. The van der Waals surface area contributed by atoms with E-state index in [0.29, 0.717) is 22.7 Å². The predicted octanol–water partition coefficient (Wildman–Crippen LogP) is 2.92. The van der Waals surface area contributed by atoms with Gasteiger partial charge >= 0.3 is 5.97 Å². The van der Waals surface area contributed by atoms with Crippen LogP contribution in [0.25, 0.3) is 0 Å². The molecule has 2 nitrogen and oxygen atoms in total. The molecule has 0 spiro atoms. The first-order valence-corrected chi connectivity index (χ1v) is 6.03. The Morgan fingerprint density at radius 2 is 1.87 bits per heavy atom. The molecule has 0 aromatic carbocycles. The lowest BCUT2D eigenvalue weighted by atomic mass is 9.28. The molecule has 3 aliphatic rings. The minimum absolute atomic E-state index is 0.296. The van der Waals surface area contributed by atoms with Crippen LogP contribution < -0.4 is 0 Å². The second kappa shape index (κ2) is 2.26. The zero-order chi connectivity index (χ0) is 11.1. The van der Waals surface area contributed by atoms with Crippen LogP contribution in [0.2, 0.25) is 0 Å². The molecule has 0 saturated heterocycles. The second-order valence-corrected chi connectivity index (χ2v) is 7.28. The smallest absolute Gasteiger partial charge is 0.309 e. The first-order valence-electron chi connectivity index (χ1n) is 6.03. The Bertz CT molecular complexity index is 346. The van der Waals surface area contributed by atoms with Crippen LogP contribution in [0.3, 0.4) is 0 Å². The van der Waals surface area contributed by atoms with Gasteiger partial charge in [0.1, 0.15) is 0 Å². The van der Waals surface area contributed by atoms with Crippen LogP contribution in [0, 0.1) is 28.1 Å². The summed E-state index contributed by atoms with van der Waals surface area (Å²) < 4.78 is 0. The molecule has 0 aliphatic heterocycles. The van der Waals surface area contributed by atoms with Crippen molar-refractivity contribution < 1.29 is 9.90 Å². The fraction of sp³-hybridized carbons (Fsp3) is 0.923. The number of carboxylic acid groups (broad SMARTS) is 1. The Kier molecular flexibility index (Phi) is 1.46. The summed E-state index contributed by atoms with van der Waals surface area (Å²) in [6.07, 6.45) is 4.34. The topological polar surface area (TPSA) is 37.3 Å². The van der Waals surface area contributed by atoms with Crippen molar-refractivity contribution in [2.24, 2.45) is 28.1 Å². The quantitative estimate of drug-likeness (QED) is 0.719. The molecule has 0 amide bonds. The SMILES string of the molecule is CC1(C)CC2CC3(C(=O)O)CC(C)(C1)C23. The monoisotopic (exact) mass is 208 g/mol. The maximum Gasteiger partial charge on any atom is 0.309 e. The third-order valence-electron chi connectivity index (χ3n) is 5.29. The van der Waals surface area contributed by atoms with Crippen LogP contribution in [0.4, 0.5) is 0 Å². The Morgan fingerprint density at radius 3 is 2.40 bits per heavy atom. The molecule has 4 atom stereocenters. The molecule has 4 unspecified atom stereocenters. The summed E-state index contributed by atoms with van der Waals surface area (Å²) in [4.78, 5) is 11.3. The summed E-state index contributed by atoms with van der Waals surface area (Å²) >= 11 is 0. The van der Waals surface area contributed by atoms with Gasteiger partial charge in [-0.25, -0.2) is 0 Å². The molecule has 15 heavy (non-hydrogen) atoms. The number of carboxylic acids is 1. The average Bonchev–Trinajstić information content (AvgIpc) is 1.93. The van der Waals surface area contributed by atoms with E-state index in [4.69, 9.17) is 0 Å². The van der Waals surface area contributed by atoms with E-state index in [-0.39, 0.29) is 5.41 Å². The van der Waals surface area contributed by atoms with E-state index in [2.05, 4.69) is 20.8 Å². The molecule has 3 aliphatic carbocycles. The van der Waals surface area contributed by atoms with Gasteiger partial charge in [0, 0.05) is 0 Å². The highest BCUT2D eigenvalue weighted by atomic mass is 16.4. The molecule has 2 heteroatoms. The lowest BCUT2D eigenvalue weighted by Crippen LogP contribution is -2.72.